The van der Waals surface area contributed by atoms with Crippen LogP contribution in [0.4, 0.5) is 4.79 Å². The summed E-state index contributed by atoms with van der Waals surface area (Å²) in [5.74, 6) is 0.0953. The zero-order chi connectivity index (χ0) is 21.7. The molecule has 160 valence electrons. The Morgan fingerprint density at radius 2 is 1.72 bits per heavy atom. The van der Waals surface area contributed by atoms with Crippen molar-refractivity contribution in [1.29, 1.82) is 0 Å². The number of hydrogen-bond acceptors (Lipinski definition) is 3. The van der Waals surface area contributed by atoms with Crippen molar-refractivity contribution >= 4 is 11.7 Å². The first-order chi connectivity index (χ1) is 15.7. The molecule has 1 saturated heterocycles. The maximum atomic E-state index is 13.2. The monoisotopic (exact) mass is 422 g/mol. The van der Waals surface area contributed by atoms with Crippen LogP contribution in [0.1, 0.15) is 47.4 Å². The van der Waals surface area contributed by atoms with Crippen LogP contribution in [0.25, 0.3) is 16.7 Å². The second-order valence-electron chi connectivity index (χ2n) is 9.10. The fourth-order valence-electron chi connectivity index (χ4n) is 5.78. The van der Waals surface area contributed by atoms with Gasteiger partial charge in [-0.2, -0.15) is 0 Å². The van der Waals surface area contributed by atoms with Crippen LogP contribution in [0.15, 0.2) is 73.1 Å². The van der Waals surface area contributed by atoms with Crippen LogP contribution in [-0.4, -0.2) is 34.7 Å². The van der Waals surface area contributed by atoms with Gasteiger partial charge in [0, 0.05) is 24.4 Å². The molecular formula is C28H26N2O2. The topological polar surface area (TPSA) is 42.4 Å². The Labute approximate surface area is 188 Å². The molecule has 1 amide bonds. The molecule has 4 heteroatoms. The van der Waals surface area contributed by atoms with Crippen LogP contribution in [0, 0.1) is 6.92 Å². The van der Waals surface area contributed by atoms with Crippen LogP contribution in [0.3, 0.4) is 0 Å². The number of rotatable bonds is 3. The number of ether oxygens (including phenoxy) is 1. The van der Waals surface area contributed by atoms with Gasteiger partial charge in [-0.3, -0.25) is 9.88 Å². The van der Waals surface area contributed by atoms with Crippen LogP contribution in [0.2, 0.25) is 0 Å². The highest BCUT2D eigenvalue weighted by Crippen LogP contribution is 2.45. The summed E-state index contributed by atoms with van der Waals surface area (Å²) in [5.41, 5.74) is 8.75. The SMILES string of the molecule is Cc1ccncc1C1=CC2CCC(C1)N2C(=O)OCC1c2ccccc2-c2ccccc21. The molecule has 4 nitrogen and oxygen atoms in total. The molecular weight excluding hydrogens is 396 g/mol. The van der Waals surface area contributed by atoms with Crippen LogP contribution in [0.5, 0.6) is 0 Å². The normalized spacial score (nSPS) is 21.2. The number of carbonyl (C=O) groups is 1. The molecule has 0 spiro atoms. The minimum absolute atomic E-state index is 0.0953. The first-order valence-corrected chi connectivity index (χ1v) is 11.5. The molecule has 1 aromatic heterocycles. The number of nitrogens with zero attached hydrogens (tertiary/aromatic N) is 2. The molecule has 2 aliphatic heterocycles. The smallest absolute Gasteiger partial charge is 0.410 e. The summed E-state index contributed by atoms with van der Waals surface area (Å²) >= 11 is 0. The summed E-state index contributed by atoms with van der Waals surface area (Å²) in [6.07, 6.45) is 8.75. The van der Waals surface area contributed by atoms with E-state index in [0.717, 1.165) is 19.3 Å². The molecule has 2 unspecified atom stereocenters. The van der Waals surface area contributed by atoms with Crippen LogP contribution in [-0.2, 0) is 4.74 Å². The van der Waals surface area contributed by atoms with Crippen LogP contribution >= 0.6 is 0 Å². The number of aromatic nitrogens is 1. The van der Waals surface area contributed by atoms with E-state index in [0.29, 0.717) is 6.61 Å². The second kappa shape index (κ2) is 7.63. The van der Waals surface area contributed by atoms with Crippen LogP contribution < -0.4 is 0 Å². The molecule has 32 heavy (non-hydrogen) atoms. The maximum absolute atomic E-state index is 13.2. The molecule has 3 aliphatic rings. The highest BCUT2D eigenvalue weighted by molar-refractivity contribution is 5.79. The lowest BCUT2D eigenvalue weighted by Gasteiger charge is -2.34. The lowest BCUT2D eigenvalue weighted by molar-refractivity contribution is 0.0866. The zero-order valence-electron chi connectivity index (χ0n) is 18.2. The average molecular weight is 423 g/mol. The molecule has 6 rings (SSSR count). The van der Waals surface area contributed by atoms with E-state index in [1.54, 1.807) is 0 Å². The Balaban J connectivity index is 1.21. The summed E-state index contributed by atoms with van der Waals surface area (Å²) in [6.45, 7) is 2.50. The Hall–Kier alpha value is -3.40. The van der Waals surface area contributed by atoms with Crippen molar-refractivity contribution in [3.05, 3.63) is 95.3 Å². The number of carbonyl (C=O) groups excluding carboxylic acids is 1. The maximum Gasteiger partial charge on any atom is 0.410 e. The Kier molecular flexibility index (Phi) is 4.60. The van der Waals surface area contributed by atoms with E-state index in [4.69, 9.17) is 4.74 Å². The minimum atomic E-state index is -0.183. The van der Waals surface area contributed by atoms with Gasteiger partial charge in [0.15, 0.2) is 0 Å². The van der Waals surface area contributed by atoms with E-state index in [1.165, 1.54) is 39.0 Å². The summed E-state index contributed by atoms with van der Waals surface area (Å²) in [7, 11) is 0. The summed E-state index contributed by atoms with van der Waals surface area (Å²) in [6, 6.07) is 19.3. The molecule has 2 atom stereocenters. The van der Waals surface area contributed by atoms with Gasteiger partial charge in [-0.1, -0.05) is 54.6 Å². The number of fused-ring (bicyclic) bond motifs is 5. The highest BCUT2D eigenvalue weighted by Gasteiger charge is 2.41. The van der Waals surface area contributed by atoms with E-state index >= 15 is 0 Å². The van der Waals surface area contributed by atoms with Crippen molar-refractivity contribution in [1.82, 2.24) is 9.88 Å². The Bertz CT molecular complexity index is 1190. The van der Waals surface area contributed by atoms with Crippen molar-refractivity contribution in [3.63, 3.8) is 0 Å². The number of benzene rings is 2. The van der Waals surface area contributed by atoms with Crippen molar-refractivity contribution in [2.24, 2.45) is 0 Å². The van der Waals surface area contributed by atoms with E-state index in [2.05, 4.69) is 72.6 Å². The standard InChI is InChI=1S/C28H26N2O2/c1-18-12-13-29-16-26(18)19-14-20-10-11-21(15-19)30(20)28(31)32-17-27-24-8-4-2-6-22(24)23-7-3-5-9-25(23)27/h2-9,12-14,16,20-21,27H,10-11,15,17H2,1H3. The largest absolute Gasteiger partial charge is 0.448 e. The van der Waals surface area contributed by atoms with Gasteiger partial charge in [0.25, 0.3) is 0 Å². The van der Waals surface area contributed by atoms with Gasteiger partial charge in [0.2, 0.25) is 0 Å². The quantitative estimate of drug-likeness (QED) is 0.523. The molecule has 3 aromatic rings. The van der Waals surface area contributed by atoms with Gasteiger partial charge in [0.1, 0.15) is 6.61 Å². The predicted octanol–water partition coefficient (Wildman–Crippen LogP) is 5.96. The fourth-order valence-corrected chi connectivity index (χ4v) is 5.78. The van der Waals surface area contributed by atoms with E-state index in [9.17, 15) is 4.79 Å². The van der Waals surface area contributed by atoms with Gasteiger partial charge in [-0.25, -0.2) is 4.79 Å². The third-order valence-electron chi connectivity index (χ3n) is 7.33. The van der Waals surface area contributed by atoms with Gasteiger partial charge < -0.3 is 4.74 Å². The molecule has 0 saturated carbocycles. The van der Waals surface area contributed by atoms with Gasteiger partial charge in [-0.05, 0) is 71.2 Å². The summed E-state index contributed by atoms with van der Waals surface area (Å²) in [5, 5.41) is 0. The number of aryl methyl sites for hydroxylation is 1. The lowest BCUT2D eigenvalue weighted by atomic mass is 9.93. The fraction of sp³-hybridized carbons (Fsp3) is 0.286. The minimum Gasteiger partial charge on any atom is -0.448 e. The van der Waals surface area contributed by atoms with E-state index in [-0.39, 0.29) is 24.1 Å². The summed E-state index contributed by atoms with van der Waals surface area (Å²) in [4.78, 5) is 19.5. The van der Waals surface area contributed by atoms with Crippen molar-refractivity contribution in [2.45, 2.75) is 44.2 Å². The predicted molar refractivity (Wildman–Crippen MR) is 125 cm³/mol. The molecule has 2 aromatic carbocycles. The lowest BCUT2D eigenvalue weighted by Crippen LogP contribution is -2.43. The number of hydrogen-bond donors (Lipinski definition) is 0. The third kappa shape index (κ3) is 3.05. The molecule has 0 radical (unpaired) electrons. The molecule has 3 heterocycles. The summed E-state index contributed by atoms with van der Waals surface area (Å²) < 4.78 is 5.97. The first-order valence-electron chi connectivity index (χ1n) is 11.5. The number of pyridine rings is 1. The molecule has 2 bridgehead atoms. The Morgan fingerprint density at radius 1 is 1.00 bits per heavy atom. The van der Waals surface area contributed by atoms with E-state index < -0.39 is 0 Å². The van der Waals surface area contributed by atoms with Gasteiger partial charge in [0.05, 0.1) is 6.04 Å². The molecule has 1 aliphatic carbocycles. The van der Waals surface area contributed by atoms with Crippen molar-refractivity contribution in [2.75, 3.05) is 6.61 Å². The first kappa shape index (κ1) is 19.3. The van der Waals surface area contributed by atoms with Gasteiger partial charge in [-0.15, -0.1) is 0 Å². The van der Waals surface area contributed by atoms with E-state index in [1.807, 2.05) is 17.3 Å². The zero-order valence-corrected chi connectivity index (χ0v) is 18.2. The van der Waals surface area contributed by atoms with Gasteiger partial charge >= 0.3 is 6.09 Å². The van der Waals surface area contributed by atoms with Crippen molar-refractivity contribution < 1.29 is 9.53 Å². The molecule has 0 N–H and O–H groups in total. The second-order valence-corrected chi connectivity index (χ2v) is 9.10. The average Bonchev–Trinajstić information content (AvgIpc) is 3.29. The van der Waals surface area contributed by atoms with Crippen molar-refractivity contribution in [3.8, 4) is 11.1 Å². The number of amides is 1. The highest BCUT2D eigenvalue weighted by atomic mass is 16.6. The third-order valence-corrected chi connectivity index (χ3v) is 7.33. The Morgan fingerprint density at radius 3 is 2.41 bits per heavy atom. The molecule has 1 fully saturated rings.